The maximum absolute atomic E-state index is 14.4. The fourth-order valence-electron chi connectivity index (χ4n) is 11.9. The molecular formula is C57H75ClN10O5S. The van der Waals surface area contributed by atoms with Gasteiger partial charge >= 0.3 is 0 Å². The van der Waals surface area contributed by atoms with Gasteiger partial charge in [-0.25, -0.2) is 9.97 Å². The highest BCUT2D eigenvalue weighted by molar-refractivity contribution is 7.13. The maximum Gasteiger partial charge on any atom is 0.253 e. The average molecular weight is 1050 g/mol. The second-order valence-electron chi connectivity index (χ2n) is 23.3. The van der Waals surface area contributed by atoms with Crippen LogP contribution in [0.3, 0.4) is 0 Å². The molecule has 4 aliphatic rings. The van der Waals surface area contributed by atoms with Crippen molar-refractivity contribution in [2.45, 2.75) is 118 Å². The van der Waals surface area contributed by atoms with Gasteiger partial charge in [0.25, 0.3) is 5.91 Å². The van der Waals surface area contributed by atoms with Crippen LogP contribution in [-0.4, -0.2) is 137 Å². The van der Waals surface area contributed by atoms with E-state index in [9.17, 15) is 24.8 Å². The summed E-state index contributed by atoms with van der Waals surface area (Å²) in [6.07, 6.45) is 3.28. The van der Waals surface area contributed by atoms with Crippen molar-refractivity contribution in [2.75, 3.05) is 63.8 Å². The molecule has 1 aliphatic carbocycles. The van der Waals surface area contributed by atoms with E-state index >= 15 is 0 Å². The molecule has 0 bridgehead atoms. The number of aliphatic hydroxyl groups excluding tert-OH is 1. The lowest BCUT2D eigenvalue weighted by Crippen LogP contribution is -2.74. The van der Waals surface area contributed by atoms with E-state index in [4.69, 9.17) is 21.3 Å². The quantitative estimate of drug-likeness (QED) is 0.0807. The highest BCUT2D eigenvalue weighted by Crippen LogP contribution is 2.55. The molecule has 4 N–H and O–H groups in total. The van der Waals surface area contributed by atoms with Gasteiger partial charge < -0.3 is 40.5 Å². The molecule has 396 valence electrons. The number of β-amino-alcohol motifs (C(OH)–C–C–N with tert-alkyl or cyclic N) is 1. The molecule has 4 fully saturated rings. The minimum absolute atomic E-state index is 0.0848. The number of aryl methyl sites for hydroxylation is 1. The molecule has 2 aromatic carbocycles. The number of carbonyl (C=O) groups is 3. The van der Waals surface area contributed by atoms with Crippen molar-refractivity contribution >= 4 is 46.5 Å². The van der Waals surface area contributed by atoms with E-state index < -0.39 is 23.6 Å². The van der Waals surface area contributed by atoms with Crippen molar-refractivity contribution in [2.24, 2.45) is 22.2 Å². The number of nitrogens with zero attached hydrogens (tertiary/aromatic N) is 7. The molecule has 4 aromatic rings. The molecule has 0 spiro atoms. The van der Waals surface area contributed by atoms with E-state index in [1.165, 1.54) is 0 Å². The third-order valence-corrected chi connectivity index (χ3v) is 17.2. The SMILES string of the molecule is C=C(N[C@@H](C)c1ccc(-c2scnc2C)cc1)[C@@H]1C[C@@H](O)CN1C(=O)[C@@H](NC(=O)CN1CCN(CCC2CCN(c3ccc(C(=O)N[C@H]4C(C)(C)[C@H](Oc5ccc(C#N)c(Cl)c5)C4(C)C)cn3)C2)CC1)C(C)(C)C. The summed E-state index contributed by atoms with van der Waals surface area (Å²) in [6, 6.07) is 17.9. The molecule has 1 unspecified atom stereocenters. The van der Waals surface area contributed by atoms with Gasteiger partial charge in [-0.3, -0.25) is 19.3 Å². The maximum atomic E-state index is 14.4. The Morgan fingerprint density at radius 1 is 0.973 bits per heavy atom. The normalized spacial score (nSPS) is 23.6. The largest absolute Gasteiger partial charge is 0.489 e. The molecule has 17 heteroatoms. The number of halogens is 1. The van der Waals surface area contributed by atoms with Crippen molar-refractivity contribution in [3.63, 3.8) is 0 Å². The molecule has 1 saturated carbocycles. The zero-order valence-electron chi connectivity index (χ0n) is 44.6. The van der Waals surface area contributed by atoms with E-state index in [-0.39, 0.29) is 59.8 Å². The number of nitrogens with one attached hydrogen (secondary N) is 3. The van der Waals surface area contributed by atoms with E-state index in [1.54, 1.807) is 40.6 Å². The van der Waals surface area contributed by atoms with Crippen molar-refractivity contribution in [3.05, 3.63) is 106 Å². The molecule has 5 heterocycles. The number of pyridine rings is 1. The Bertz CT molecular complexity index is 2690. The zero-order valence-corrected chi connectivity index (χ0v) is 46.2. The number of likely N-dealkylation sites (tertiary alicyclic amines) is 1. The van der Waals surface area contributed by atoms with Crippen LogP contribution in [0.5, 0.6) is 5.75 Å². The number of hydrogen-bond donors (Lipinski definition) is 4. The third-order valence-electron chi connectivity index (χ3n) is 15.9. The minimum Gasteiger partial charge on any atom is -0.489 e. The van der Waals surface area contributed by atoms with Gasteiger partial charge in [0, 0.05) is 93.1 Å². The van der Waals surface area contributed by atoms with E-state index in [2.05, 4.69) is 107 Å². The number of rotatable bonds is 17. The molecule has 0 radical (unpaired) electrons. The number of aromatic nitrogens is 2. The van der Waals surface area contributed by atoms with Gasteiger partial charge in [-0.2, -0.15) is 5.26 Å². The van der Waals surface area contributed by atoms with Crippen LogP contribution in [0.25, 0.3) is 10.4 Å². The zero-order chi connectivity index (χ0) is 53.3. The standard InChI is InChI=1S/C57H75ClN10O5S/c1-35(39-11-13-40(14-12-39)49-37(3)61-34-74-49)62-36(2)46-27-43(69)32-68(46)52(72)50(55(4,5)6)63-48(70)33-66-25-23-65(24-26-66)21-19-38-20-22-67(31-38)47-18-16-42(30-60-47)51(71)64-53-56(7,8)54(57(53,9)10)73-44-17-15-41(29-59)45(58)28-44/h11-18,28,30,34-35,38,43,46,50,53-54,62,69H,2,19-27,31-33H2,1,3-10H3,(H,63,70)(H,64,71)/t35-,38?,43+,46-,50+,53-,54-/m0/s1. The van der Waals surface area contributed by atoms with Gasteiger partial charge in [0.05, 0.1) is 50.9 Å². The van der Waals surface area contributed by atoms with Crippen LogP contribution in [0, 0.1) is 40.4 Å². The summed E-state index contributed by atoms with van der Waals surface area (Å²) >= 11 is 7.90. The van der Waals surface area contributed by atoms with Gasteiger partial charge in [-0.05, 0) is 80.0 Å². The predicted molar refractivity (Wildman–Crippen MR) is 292 cm³/mol. The van der Waals surface area contributed by atoms with Crippen LogP contribution in [0.4, 0.5) is 5.82 Å². The fourth-order valence-corrected chi connectivity index (χ4v) is 12.9. The van der Waals surface area contributed by atoms with Gasteiger partial charge in [-0.15, -0.1) is 11.3 Å². The lowest BCUT2D eigenvalue weighted by atomic mass is 9.49. The first-order valence-electron chi connectivity index (χ1n) is 26.1. The summed E-state index contributed by atoms with van der Waals surface area (Å²) in [5.41, 5.74) is 5.31. The van der Waals surface area contributed by atoms with Crippen LogP contribution < -0.4 is 25.6 Å². The van der Waals surface area contributed by atoms with Crippen molar-refractivity contribution in [3.8, 4) is 22.3 Å². The molecular weight excluding hydrogens is 972 g/mol. The molecule has 3 aliphatic heterocycles. The summed E-state index contributed by atoms with van der Waals surface area (Å²) in [4.78, 5) is 60.6. The fraction of sp³-hybridized carbons (Fsp3) is 0.544. The van der Waals surface area contributed by atoms with Gasteiger partial charge in [0.1, 0.15) is 29.8 Å². The molecule has 3 saturated heterocycles. The van der Waals surface area contributed by atoms with E-state index in [0.29, 0.717) is 39.9 Å². The summed E-state index contributed by atoms with van der Waals surface area (Å²) in [5.74, 6) is 1.42. The Kier molecular flexibility index (Phi) is 16.5. The summed E-state index contributed by atoms with van der Waals surface area (Å²) in [5, 5.41) is 30.3. The average Bonchev–Trinajstić information content (AvgIpc) is 4.13. The Balaban J connectivity index is 0.756. The Morgan fingerprint density at radius 2 is 1.68 bits per heavy atom. The Morgan fingerprint density at radius 3 is 2.30 bits per heavy atom. The van der Waals surface area contributed by atoms with Crippen LogP contribution >= 0.6 is 22.9 Å². The van der Waals surface area contributed by atoms with Crippen molar-refractivity contribution in [1.82, 2.24) is 40.6 Å². The number of ether oxygens (including phenoxy) is 1. The van der Waals surface area contributed by atoms with Crippen LogP contribution in [0.1, 0.15) is 108 Å². The van der Waals surface area contributed by atoms with E-state index in [1.807, 2.05) is 45.3 Å². The number of thiazole rings is 1. The number of piperazine rings is 1. The summed E-state index contributed by atoms with van der Waals surface area (Å²) in [7, 11) is 0. The van der Waals surface area contributed by atoms with Crippen molar-refractivity contribution in [1.29, 1.82) is 5.26 Å². The topological polar surface area (TPSA) is 179 Å². The number of nitriles is 1. The van der Waals surface area contributed by atoms with E-state index in [0.717, 1.165) is 86.2 Å². The summed E-state index contributed by atoms with van der Waals surface area (Å²) in [6.45, 7) is 29.1. The summed E-state index contributed by atoms with van der Waals surface area (Å²) < 4.78 is 6.40. The Labute approximate surface area is 446 Å². The second kappa shape index (κ2) is 22.3. The number of hydrogen-bond acceptors (Lipinski definition) is 13. The monoisotopic (exact) mass is 1050 g/mol. The second-order valence-corrected chi connectivity index (χ2v) is 24.5. The molecule has 74 heavy (non-hydrogen) atoms. The molecule has 2 aromatic heterocycles. The minimum atomic E-state index is -0.785. The third kappa shape index (κ3) is 12.1. The van der Waals surface area contributed by atoms with Crippen LogP contribution in [0.2, 0.25) is 5.02 Å². The van der Waals surface area contributed by atoms with Gasteiger partial charge in [-0.1, -0.05) is 90.9 Å². The highest BCUT2D eigenvalue weighted by Gasteiger charge is 2.64. The van der Waals surface area contributed by atoms with Gasteiger partial charge in [0.2, 0.25) is 11.8 Å². The molecule has 8 rings (SSSR count). The predicted octanol–water partition coefficient (Wildman–Crippen LogP) is 7.84. The molecule has 5 atom stereocenters. The highest BCUT2D eigenvalue weighted by atomic mass is 35.5. The number of aliphatic hydroxyl groups is 1. The molecule has 15 nitrogen and oxygen atoms in total. The first-order chi connectivity index (χ1) is 35.0. The number of benzene rings is 2. The van der Waals surface area contributed by atoms with Crippen LogP contribution in [-0.2, 0) is 9.59 Å². The van der Waals surface area contributed by atoms with Crippen LogP contribution in [0.15, 0.2) is 78.6 Å². The smallest absolute Gasteiger partial charge is 0.253 e. The first kappa shape index (κ1) is 54.7. The lowest BCUT2D eigenvalue weighted by molar-refractivity contribution is -0.164. The Hall–Kier alpha value is -5.57. The van der Waals surface area contributed by atoms with Gasteiger partial charge in [0.15, 0.2) is 0 Å². The lowest BCUT2D eigenvalue weighted by Gasteiger charge is -2.63. The first-order valence-corrected chi connectivity index (χ1v) is 27.4. The number of carbonyl (C=O) groups excluding carboxylic acids is 3. The molecule has 3 amide bonds. The van der Waals surface area contributed by atoms with Crippen molar-refractivity contribution < 1.29 is 24.2 Å². The number of anilines is 1. The number of amides is 3.